The number of ether oxygens (including phenoxy) is 1. The normalized spacial score (nSPS) is 10.2. The van der Waals surface area contributed by atoms with Crippen LogP contribution in [0.2, 0.25) is 5.02 Å². The highest BCUT2D eigenvalue weighted by atomic mass is 35.5. The number of amidine groups is 1. The zero-order chi connectivity index (χ0) is 13.8. The Labute approximate surface area is 116 Å². The van der Waals surface area contributed by atoms with E-state index in [2.05, 4.69) is 4.98 Å². The third kappa shape index (κ3) is 3.03. The molecule has 5 heteroatoms. The van der Waals surface area contributed by atoms with Crippen LogP contribution in [0.1, 0.15) is 18.1 Å². The summed E-state index contributed by atoms with van der Waals surface area (Å²) in [6.45, 7) is 2.02. The van der Waals surface area contributed by atoms with Crippen LogP contribution in [-0.4, -0.2) is 10.8 Å². The maximum atomic E-state index is 7.49. The molecule has 1 heterocycles. The lowest BCUT2D eigenvalue weighted by Gasteiger charge is -2.10. The van der Waals surface area contributed by atoms with Crippen molar-refractivity contribution in [2.24, 2.45) is 5.73 Å². The van der Waals surface area contributed by atoms with Crippen molar-refractivity contribution in [2.45, 2.75) is 13.3 Å². The second kappa shape index (κ2) is 5.71. The molecule has 0 bridgehead atoms. The molecular formula is C14H14ClN3O. The molecule has 0 atom stereocenters. The fourth-order valence-corrected chi connectivity index (χ4v) is 1.93. The predicted octanol–water partition coefficient (Wildman–Crippen LogP) is 3.37. The van der Waals surface area contributed by atoms with Gasteiger partial charge < -0.3 is 10.5 Å². The molecule has 0 aliphatic heterocycles. The molecule has 19 heavy (non-hydrogen) atoms. The lowest BCUT2D eigenvalue weighted by Crippen LogP contribution is -2.12. The van der Waals surface area contributed by atoms with Crippen molar-refractivity contribution in [1.82, 2.24) is 4.98 Å². The Morgan fingerprint density at radius 3 is 2.89 bits per heavy atom. The SMILES string of the molecule is CCc1cc(Oc2ncccc2C(=N)N)ccc1Cl. The molecule has 0 saturated heterocycles. The third-order valence-corrected chi connectivity index (χ3v) is 3.04. The number of nitrogens with two attached hydrogens (primary N) is 1. The van der Waals surface area contributed by atoms with Gasteiger partial charge in [0, 0.05) is 11.2 Å². The van der Waals surface area contributed by atoms with Crippen molar-refractivity contribution in [2.75, 3.05) is 0 Å². The van der Waals surface area contributed by atoms with Crippen LogP contribution < -0.4 is 10.5 Å². The Morgan fingerprint density at radius 2 is 2.21 bits per heavy atom. The maximum Gasteiger partial charge on any atom is 0.230 e. The summed E-state index contributed by atoms with van der Waals surface area (Å²) in [4.78, 5) is 4.10. The van der Waals surface area contributed by atoms with Gasteiger partial charge in [0.2, 0.25) is 5.88 Å². The summed E-state index contributed by atoms with van der Waals surface area (Å²) >= 11 is 6.06. The van der Waals surface area contributed by atoms with E-state index in [-0.39, 0.29) is 5.84 Å². The summed E-state index contributed by atoms with van der Waals surface area (Å²) in [7, 11) is 0. The first-order valence-corrected chi connectivity index (χ1v) is 6.25. The van der Waals surface area contributed by atoms with Crippen molar-refractivity contribution in [1.29, 1.82) is 5.41 Å². The van der Waals surface area contributed by atoms with E-state index in [0.29, 0.717) is 22.2 Å². The van der Waals surface area contributed by atoms with Gasteiger partial charge >= 0.3 is 0 Å². The quantitative estimate of drug-likeness (QED) is 0.664. The first-order chi connectivity index (χ1) is 9.11. The van der Waals surface area contributed by atoms with Crippen LogP contribution in [0.3, 0.4) is 0 Å². The van der Waals surface area contributed by atoms with Gasteiger partial charge in [-0.05, 0) is 42.3 Å². The number of rotatable bonds is 4. The molecule has 0 fully saturated rings. The molecule has 0 radical (unpaired) electrons. The highest BCUT2D eigenvalue weighted by Gasteiger charge is 2.09. The van der Waals surface area contributed by atoms with Gasteiger partial charge in [0.15, 0.2) is 0 Å². The molecule has 3 N–H and O–H groups in total. The van der Waals surface area contributed by atoms with Crippen LogP contribution >= 0.6 is 11.6 Å². The number of halogens is 1. The van der Waals surface area contributed by atoms with Gasteiger partial charge in [-0.25, -0.2) is 4.98 Å². The van der Waals surface area contributed by atoms with E-state index in [9.17, 15) is 0 Å². The molecule has 0 aliphatic carbocycles. The first kappa shape index (κ1) is 13.4. The number of aromatic nitrogens is 1. The third-order valence-electron chi connectivity index (χ3n) is 2.67. The number of pyridine rings is 1. The highest BCUT2D eigenvalue weighted by Crippen LogP contribution is 2.27. The van der Waals surface area contributed by atoms with Crippen LogP contribution in [0.4, 0.5) is 0 Å². The Balaban J connectivity index is 2.34. The molecule has 98 valence electrons. The molecule has 2 rings (SSSR count). The Bertz CT molecular complexity index is 613. The minimum atomic E-state index is -0.0761. The zero-order valence-corrected chi connectivity index (χ0v) is 11.2. The van der Waals surface area contributed by atoms with E-state index < -0.39 is 0 Å². The van der Waals surface area contributed by atoms with E-state index in [1.807, 2.05) is 13.0 Å². The first-order valence-electron chi connectivity index (χ1n) is 5.87. The highest BCUT2D eigenvalue weighted by molar-refractivity contribution is 6.31. The van der Waals surface area contributed by atoms with Crippen molar-refractivity contribution in [3.05, 3.63) is 52.7 Å². The fourth-order valence-electron chi connectivity index (χ4n) is 1.67. The standard InChI is InChI=1S/C14H14ClN3O/c1-2-9-8-10(5-6-12(9)15)19-14-11(13(16)17)4-3-7-18-14/h3-8H,2H2,1H3,(H3,16,17). The molecular weight excluding hydrogens is 262 g/mol. The maximum absolute atomic E-state index is 7.49. The van der Waals surface area contributed by atoms with E-state index >= 15 is 0 Å². The Hall–Kier alpha value is -2.07. The topological polar surface area (TPSA) is 72.0 Å². The number of hydrogen-bond acceptors (Lipinski definition) is 3. The Kier molecular flexibility index (Phi) is 4.02. The van der Waals surface area contributed by atoms with E-state index in [4.69, 9.17) is 27.5 Å². The van der Waals surface area contributed by atoms with Gasteiger partial charge in [-0.2, -0.15) is 0 Å². The van der Waals surface area contributed by atoms with Crippen molar-refractivity contribution in [3.8, 4) is 11.6 Å². The molecule has 1 aromatic carbocycles. The number of benzene rings is 1. The molecule has 0 amide bonds. The number of nitrogens with zero attached hydrogens (tertiary/aromatic N) is 1. The molecule has 4 nitrogen and oxygen atoms in total. The summed E-state index contributed by atoms with van der Waals surface area (Å²) in [5.41, 5.74) is 6.96. The fraction of sp³-hybridized carbons (Fsp3) is 0.143. The summed E-state index contributed by atoms with van der Waals surface area (Å²) in [6, 6.07) is 8.82. The average molecular weight is 276 g/mol. The molecule has 0 saturated carbocycles. The van der Waals surface area contributed by atoms with Gasteiger partial charge in [-0.3, -0.25) is 5.41 Å². The summed E-state index contributed by atoms with van der Waals surface area (Å²) < 4.78 is 5.68. The van der Waals surface area contributed by atoms with Crippen LogP contribution in [0.25, 0.3) is 0 Å². The van der Waals surface area contributed by atoms with Crippen LogP contribution in [0, 0.1) is 5.41 Å². The monoisotopic (exact) mass is 275 g/mol. The van der Waals surface area contributed by atoms with Crippen LogP contribution in [-0.2, 0) is 6.42 Å². The summed E-state index contributed by atoms with van der Waals surface area (Å²) in [5.74, 6) is 0.870. The lowest BCUT2D eigenvalue weighted by atomic mass is 10.1. The largest absolute Gasteiger partial charge is 0.438 e. The second-order valence-corrected chi connectivity index (χ2v) is 4.39. The van der Waals surface area contributed by atoms with Crippen molar-refractivity contribution < 1.29 is 4.74 Å². The number of nitrogen functional groups attached to an aromatic ring is 1. The molecule has 1 aromatic heterocycles. The summed E-state index contributed by atoms with van der Waals surface area (Å²) in [6.07, 6.45) is 2.41. The zero-order valence-electron chi connectivity index (χ0n) is 10.5. The van der Waals surface area contributed by atoms with Gasteiger partial charge in [-0.15, -0.1) is 0 Å². The molecule has 0 spiro atoms. The van der Waals surface area contributed by atoms with Gasteiger partial charge in [-0.1, -0.05) is 18.5 Å². The second-order valence-electron chi connectivity index (χ2n) is 3.98. The smallest absolute Gasteiger partial charge is 0.230 e. The number of aryl methyl sites for hydroxylation is 1. The van der Waals surface area contributed by atoms with E-state index in [0.717, 1.165) is 12.0 Å². The van der Waals surface area contributed by atoms with Crippen LogP contribution in [0.5, 0.6) is 11.6 Å². The molecule has 2 aromatic rings. The van der Waals surface area contributed by atoms with E-state index in [1.165, 1.54) is 0 Å². The van der Waals surface area contributed by atoms with Crippen molar-refractivity contribution in [3.63, 3.8) is 0 Å². The van der Waals surface area contributed by atoms with Crippen LogP contribution in [0.15, 0.2) is 36.5 Å². The number of hydrogen-bond donors (Lipinski definition) is 2. The molecule has 0 aliphatic rings. The van der Waals surface area contributed by atoms with E-state index in [1.54, 1.807) is 30.5 Å². The number of nitrogens with one attached hydrogen (secondary N) is 1. The van der Waals surface area contributed by atoms with Crippen molar-refractivity contribution >= 4 is 17.4 Å². The Morgan fingerprint density at radius 1 is 1.42 bits per heavy atom. The average Bonchev–Trinajstić information content (AvgIpc) is 2.41. The minimum Gasteiger partial charge on any atom is -0.438 e. The minimum absolute atomic E-state index is 0.0761. The van der Waals surface area contributed by atoms with Gasteiger partial charge in [0.25, 0.3) is 0 Å². The van der Waals surface area contributed by atoms with Gasteiger partial charge in [0.1, 0.15) is 11.6 Å². The summed E-state index contributed by atoms with van der Waals surface area (Å²) in [5, 5.41) is 8.20. The lowest BCUT2D eigenvalue weighted by molar-refractivity contribution is 0.461. The predicted molar refractivity (Wildman–Crippen MR) is 76.2 cm³/mol. The molecule has 0 unspecified atom stereocenters. The van der Waals surface area contributed by atoms with Gasteiger partial charge in [0.05, 0.1) is 5.56 Å².